The van der Waals surface area contributed by atoms with Crippen molar-refractivity contribution in [3.8, 4) is 11.1 Å². The van der Waals surface area contributed by atoms with Crippen LogP contribution in [0.5, 0.6) is 0 Å². The van der Waals surface area contributed by atoms with Crippen LogP contribution in [0.1, 0.15) is 45.9 Å². The van der Waals surface area contributed by atoms with E-state index < -0.39 is 5.34 Å². The van der Waals surface area contributed by atoms with Crippen LogP contribution in [-0.4, -0.2) is 40.7 Å². The molecule has 0 bridgehead atoms. The van der Waals surface area contributed by atoms with Crippen molar-refractivity contribution >= 4 is 49.0 Å². The first-order valence-corrected chi connectivity index (χ1v) is 11.5. The number of aryl methyl sites for hydroxylation is 1. The number of hydrogen-bond donors (Lipinski definition) is 0. The standard InChI is InChI=1S/C25H18B2ClN4O/c1-31-11-19-15(6-7-21(28)22(19)30-31)14-9-17(13-4-5-13)18-12-32-24(33)16-3-2-8-29-23(16)25(32,26)27-20(18)10-14/h2-3,6-11,13H,4-5,12H2,1H3. The van der Waals surface area contributed by atoms with Crippen LogP contribution in [0.15, 0.2) is 48.8 Å². The van der Waals surface area contributed by atoms with E-state index in [0.29, 0.717) is 28.7 Å². The number of hydrogen-bond acceptors (Lipinski definition) is 3. The molecule has 2 aromatic carbocycles. The SMILES string of the molecule is [B]C12[B]c3cc(-c4ccc(Cl)c5nn(C)cc45)cc(C4CC4)c3CN1C(=O)c1cccnc12. The zero-order chi connectivity index (χ0) is 22.5. The Bertz CT molecular complexity index is 1510. The lowest BCUT2D eigenvalue weighted by Gasteiger charge is -2.41. The number of fused-ring (bicyclic) bond motifs is 5. The first-order valence-electron chi connectivity index (χ1n) is 11.2. The van der Waals surface area contributed by atoms with Crippen LogP contribution >= 0.6 is 11.6 Å². The van der Waals surface area contributed by atoms with E-state index in [1.807, 2.05) is 32.7 Å². The molecular weight excluding hydrogens is 429 g/mol. The van der Waals surface area contributed by atoms with Crippen molar-refractivity contribution < 1.29 is 4.79 Å². The molecule has 1 aliphatic carbocycles. The Balaban J connectivity index is 1.44. The molecule has 33 heavy (non-hydrogen) atoms. The monoisotopic (exact) mass is 447 g/mol. The van der Waals surface area contributed by atoms with Crippen molar-refractivity contribution in [1.29, 1.82) is 0 Å². The molecule has 4 heterocycles. The zero-order valence-electron chi connectivity index (χ0n) is 18.0. The van der Waals surface area contributed by atoms with Crippen LogP contribution in [-0.2, 0) is 18.9 Å². The summed E-state index contributed by atoms with van der Waals surface area (Å²) in [6.07, 6.45) is 6.05. The van der Waals surface area contributed by atoms with E-state index in [-0.39, 0.29) is 5.91 Å². The van der Waals surface area contributed by atoms with Gasteiger partial charge in [-0.1, -0.05) is 35.3 Å². The summed E-state index contributed by atoms with van der Waals surface area (Å²) in [5, 5.41) is 5.18. The van der Waals surface area contributed by atoms with Crippen molar-refractivity contribution in [2.45, 2.75) is 30.6 Å². The predicted octanol–water partition coefficient (Wildman–Crippen LogP) is 3.44. The van der Waals surface area contributed by atoms with Gasteiger partial charge in [-0.05, 0) is 59.2 Å². The van der Waals surface area contributed by atoms with Crippen LogP contribution in [0.25, 0.3) is 22.0 Å². The molecular formula is C25H18B2ClN4O. The van der Waals surface area contributed by atoms with E-state index in [1.165, 1.54) is 24.0 Å². The van der Waals surface area contributed by atoms with E-state index in [0.717, 1.165) is 27.5 Å². The molecule has 1 saturated carbocycles. The Labute approximate surface area is 198 Å². The van der Waals surface area contributed by atoms with Crippen molar-refractivity contribution in [2.24, 2.45) is 7.05 Å². The van der Waals surface area contributed by atoms with Crippen molar-refractivity contribution in [3.05, 3.63) is 76.2 Å². The predicted molar refractivity (Wildman–Crippen MR) is 130 cm³/mol. The van der Waals surface area contributed by atoms with Gasteiger partial charge in [0.25, 0.3) is 5.91 Å². The lowest BCUT2D eigenvalue weighted by atomic mass is 9.41. The number of rotatable bonds is 2. The maximum atomic E-state index is 13.2. The summed E-state index contributed by atoms with van der Waals surface area (Å²) in [7, 11) is 10.8. The van der Waals surface area contributed by atoms with Gasteiger partial charge in [-0.2, -0.15) is 5.10 Å². The molecule has 0 spiro atoms. The van der Waals surface area contributed by atoms with Crippen LogP contribution in [0.3, 0.4) is 0 Å². The van der Waals surface area contributed by atoms with Gasteiger partial charge in [0.05, 0.1) is 16.3 Å². The molecule has 0 saturated heterocycles. The Morgan fingerprint density at radius 3 is 2.88 bits per heavy atom. The molecule has 3 radical (unpaired) electrons. The number of aromatic nitrogens is 3. The highest BCUT2D eigenvalue weighted by Gasteiger charge is 2.50. The highest BCUT2D eigenvalue weighted by atomic mass is 35.5. The third kappa shape index (κ3) is 2.66. The topological polar surface area (TPSA) is 51.0 Å². The van der Waals surface area contributed by atoms with Gasteiger partial charge in [-0.15, -0.1) is 0 Å². The first kappa shape index (κ1) is 19.4. The lowest BCUT2D eigenvalue weighted by molar-refractivity contribution is 0.0725. The van der Waals surface area contributed by atoms with Crippen LogP contribution in [0.4, 0.5) is 0 Å². The Morgan fingerprint density at radius 1 is 1.21 bits per heavy atom. The Kier molecular flexibility index (Phi) is 3.83. The number of halogens is 1. The molecule has 1 fully saturated rings. The lowest BCUT2D eigenvalue weighted by Crippen LogP contribution is -2.57. The minimum absolute atomic E-state index is 0.0527. The molecule has 2 aliphatic heterocycles. The third-order valence-corrected chi connectivity index (χ3v) is 7.49. The number of pyridine rings is 1. The van der Waals surface area contributed by atoms with Gasteiger partial charge in [0.1, 0.15) is 13.4 Å². The average molecular weight is 448 g/mol. The molecule has 4 aromatic rings. The van der Waals surface area contributed by atoms with E-state index in [4.69, 9.17) is 19.4 Å². The van der Waals surface area contributed by atoms with Crippen molar-refractivity contribution in [1.82, 2.24) is 19.7 Å². The van der Waals surface area contributed by atoms with Crippen LogP contribution in [0, 0.1) is 0 Å². The summed E-state index contributed by atoms with van der Waals surface area (Å²) in [5.41, 5.74) is 7.80. The largest absolute Gasteiger partial charge is 0.339 e. The van der Waals surface area contributed by atoms with Gasteiger partial charge >= 0.3 is 0 Å². The number of nitrogens with zero attached hydrogens (tertiary/aromatic N) is 4. The molecule has 8 heteroatoms. The molecule has 1 amide bonds. The maximum Gasteiger partial charge on any atom is 0.255 e. The second kappa shape index (κ2) is 6.51. The van der Waals surface area contributed by atoms with Gasteiger partial charge in [-0.3, -0.25) is 14.5 Å². The quantitative estimate of drug-likeness (QED) is 0.443. The second-order valence-corrected chi connectivity index (χ2v) is 9.74. The minimum Gasteiger partial charge on any atom is -0.339 e. The maximum absolute atomic E-state index is 13.2. The summed E-state index contributed by atoms with van der Waals surface area (Å²) in [4.78, 5) is 19.4. The summed E-state index contributed by atoms with van der Waals surface area (Å²) in [6.45, 7) is 0.493. The normalized spacial score (nSPS) is 21.0. The van der Waals surface area contributed by atoms with Gasteiger partial charge in [0, 0.05) is 36.7 Å². The van der Waals surface area contributed by atoms with Gasteiger partial charge < -0.3 is 4.90 Å². The average Bonchev–Trinajstić information content (AvgIpc) is 3.54. The number of carbonyl (C=O) groups is 1. The van der Waals surface area contributed by atoms with Gasteiger partial charge in [0.15, 0.2) is 7.28 Å². The first-order chi connectivity index (χ1) is 15.9. The van der Waals surface area contributed by atoms with Crippen molar-refractivity contribution in [2.75, 3.05) is 0 Å². The minimum atomic E-state index is -1.04. The number of amides is 1. The molecule has 157 valence electrons. The molecule has 5 nitrogen and oxygen atoms in total. The van der Waals surface area contributed by atoms with Gasteiger partial charge in [0.2, 0.25) is 0 Å². The van der Waals surface area contributed by atoms with E-state index >= 15 is 0 Å². The zero-order valence-corrected chi connectivity index (χ0v) is 18.8. The Hall–Kier alpha value is -3.05. The fourth-order valence-electron chi connectivity index (χ4n) is 5.46. The van der Waals surface area contributed by atoms with Crippen LogP contribution in [0.2, 0.25) is 5.02 Å². The van der Waals surface area contributed by atoms with E-state index in [2.05, 4.69) is 28.3 Å². The molecule has 0 N–H and O–H groups in total. The fourth-order valence-corrected chi connectivity index (χ4v) is 5.67. The van der Waals surface area contributed by atoms with E-state index in [9.17, 15) is 4.79 Å². The third-order valence-electron chi connectivity index (χ3n) is 7.19. The molecule has 3 aliphatic rings. The summed E-state index contributed by atoms with van der Waals surface area (Å²) in [6, 6.07) is 12.1. The second-order valence-electron chi connectivity index (χ2n) is 9.33. The van der Waals surface area contributed by atoms with Crippen molar-refractivity contribution in [3.63, 3.8) is 0 Å². The summed E-state index contributed by atoms with van der Waals surface area (Å²) >= 11 is 6.43. The fraction of sp³-hybridized carbons (Fsp3) is 0.240. The smallest absolute Gasteiger partial charge is 0.255 e. The summed E-state index contributed by atoms with van der Waals surface area (Å²) < 4.78 is 1.80. The highest BCUT2D eigenvalue weighted by Crippen LogP contribution is 2.46. The molecule has 1 unspecified atom stereocenters. The van der Waals surface area contributed by atoms with Gasteiger partial charge in [-0.25, -0.2) is 0 Å². The molecule has 2 aromatic heterocycles. The molecule has 7 rings (SSSR count). The summed E-state index contributed by atoms with van der Waals surface area (Å²) in [5.74, 6) is 0.468. The van der Waals surface area contributed by atoms with E-state index in [1.54, 1.807) is 21.8 Å². The number of carbonyl (C=O) groups excluding carboxylic acids is 1. The van der Waals surface area contributed by atoms with Crippen LogP contribution < -0.4 is 5.46 Å². The molecule has 1 atom stereocenters. The highest BCUT2D eigenvalue weighted by molar-refractivity contribution is 6.67. The number of benzene rings is 2. The Morgan fingerprint density at radius 2 is 2.06 bits per heavy atom.